The first-order valence-electron chi connectivity index (χ1n) is 6.97. The molecule has 0 bridgehead atoms. The van der Waals surface area contributed by atoms with Crippen molar-refractivity contribution in [1.82, 2.24) is 10.2 Å². The van der Waals surface area contributed by atoms with Crippen LogP contribution in [0, 0.1) is 5.92 Å². The van der Waals surface area contributed by atoms with Crippen molar-refractivity contribution in [1.29, 1.82) is 0 Å². The zero-order valence-corrected chi connectivity index (χ0v) is 11.8. The summed E-state index contributed by atoms with van der Waals surface area (Å²) in [7, 11) is 2.30. The van der Waals surface area contributed by atoms with E-state index in [0.29, 0.717) is 6.04 Å². The maximum Gasteiger partial charge on any atom is 0.00949 e. The van der Waals surface area contributed by atoms with Gasteiger partial charge in [0.2, 0.25) is 0 Å². The van der Waals surface area contributed by atoms with Crippen LogP contribution < -0.4 is 5.32 Å². The molecule has 96 valence electrons. The zero-order valence-electron chi connectivity index (χ0n) is 11.8. The third-order valence-corrected chi connectivity index (χ3v) is 3.99. The second-order valence-electron chi connectivity index (χ2n) is 5.84. The molecule has 0 aromatic rings. The van der Waals surface area contributed by atoms with Gasteiger partial charge in [0.05, 0.1) is 0 Å². The Balaban J connectivity index is 2.10. The van der Waals surface area contributed by atoms with Gasteiger partial charge in [-0.15, -0.1) is 0 Å². The molecule has 0 aliphatic heterocycles. The van der Waals surface area contributed by atoms with Gasteiger partial charge in [-0.2, -0.15) is 0 Å². The summed E-state index contributed by atoms with van der Waals surface area (Å²) in [6, 6.07) is 2.14. The molecule has 0 spiro atoms. The van der Waals surface area contributed by atoms with E-state index < -0.39 is 0 Å². The Morgan fingerprint density at radius 2 is 1.81 bits per heavy atom. The highest BCUT2D eigenvalue weighted by atomic mass is 15.2. The molecule has 16 heavy (non-hydrogen) atoms. The van der Waals surface area contributed by atoms with E-state index in [9.17, 15) is 0 Å². The van der Waals surface area contributed by atoms with E-state index in [4.69, 9.17) is 0 Å². The fourth-order valence-corrected chi connectivity index (χ4v) is 2.30. The summed E-state index contributed by atoms with van der Waals surface area (Å²) in [6.07, 6.45) is 5.51. The van der Waals surface area contributed by atoms with E-state index in [-0.39, 0.29) is 0 Å². The molecule has 0 radical (unpaired) electrons. The van der Waals surface area contributed by atoms with E-state index in [1.54, 1.807) is 0 Å². The molecule has 2 heteroatoms. The van der Waals surface area contributed by atoms with Crippen LogP contribution in [0.15, 0.2) is 0 Å². The molecule has 1 rings (SSSR count). The van der Waals surface area contributed by atoms with Crippen LogP contribution in [-0.2, 0) is 0 Å². The summed E-state index contributed by atoms with van der Waals surface area (Å²) in [5.74, 6) is 0.987. The smallest absolute Gasteiger partial charge is 0.00949 e. The Bertz CT molecular complexity index is 187. The van der Waals surface area contributed by atoms with Gasteiger partial charge in [0.25, 0.3) is 0 Å². The van der Waals surface area contributed by atoms with Crippen LogP contribution in [-0.4, -0.2) is 36.6 Å². The Morgan fingerprint density at radius 3 is 2.31 bits per heavy atom. The molecule has 0 aromatic heterocycles. The average molecular weight is 226 g/mol. The predicted octanol–water partition coefficient (Wildman–Crippen LogP) is 2.88. The molecular formula is C14H30N2. The van der Waals surface area contributed by atoms with Crippen molar-refractivity contribution < 1.29 is 0 Å². The third-order valence-electron chi connectivity index (χ3n) is 3.99. The van der Waals surface area contributed by atoms with Gasteiger partial charge in [0.15, 0.2) is 0 Å². The molecule has 2 nitrogen and oxygen atoms in total. The van der Waals surface area contributed by atoms with Crippen LogP contribution in [0.4, 0.5) is 0 Å². The first-order chi connectivity index (χ1) is 7.52. The first-order valence-corrected chi connectivity index (χ1v) is 6.97. The van der Waals surface area contributed by atoms with Gasteiger partial charge in [0, 0.05) is 18.1 Å². The SMILES string of the molecule is CC(C)NCCCC(C)N(C)C(C)C1CC1. The highest BCUT2D eigenvalue weighted by Gasteiger charge is 2.31. The fourth-order valence-electron chi connectivity index (χ4n) is 2.30. The number of nitrogens with zero attached hydrogens (tertiary/aromatic N) is 1. The summed E-state index contributed by atoms with van der Waals surface area (Å²) >= 11 is 0. The maximum atomic E-state index is 3.49. The highest BCUT2D eigenvalue weighted by Crippen LogP contribution is 2.35. The van der Waals surface area contributed by atoms with Gasteiger partial charge in [0.1, 0.15) is 0 Å². The molecule has 0 amide bonds. The monoisotopic (exact) mass is 226 g/mol. The average Bonchev–Trinajstić information content (AvgIpc) is 3.05. The molecule has 0 aromatic carbocycles. The molecule has 2 atom stereocenters. The van der Waals surface area contributed by atoms with Gasteiger partial charge >= 0.3 is 0 Å². The largest absolute Gasteiger partial charge is 0.315 e. The van der Waals surface area contributed by atoms with E-state index in [1.165, 1.54) is 25.7 Å². The first kappa shape index (κ1) is 14.0. The second kappa shape index (κ2) is 6.61. The van der Waals surface area contributed by atoms with Crippen molar-refractivity contribution in [3.63, 3.8) is 0 Å². The minimum atomic E-state index is 0.624. The summed E-state index contributed by atoms with van der Waals surface area (Å²) in [5.41, 5.74) is 0. The molecule has 1 fully saturated rings. The molecule has 0 saturated heterocycles. The molecule has 2 unspecified atom stereocenters. The normalized spacial score (nSPS) is 20.4. The van der Waals surface area contributed by atoms with Gasteiger partial charge in [-0.3, -0.25) is 0 Å². The van der Waals surface area contributed by atoms with Crippen LogP contribution in [0.5, 0.6) is 0 Å². The topological polar surface area (TPSA) is 15.3 Å². The van der Waals surface area contributed by atoms with Gasteiger partial charge in [-0.1, -0.05) is 13.8 Å². The van der Waals surface area contributed by atoms with Crippen LogP contribution in [0.3, 0.4) is 0 Å². The Labute approximate surface area is 102 Å². The number of hydrogen-bond donors (Lipinski definition) is 1. The molecule has 1 saturated carbocycles. The van der Waals surface area contributed by atoms with Gasteiger partial charge < -0.3 is 10.2 Å². The quantitative estimate of drug-likeness (QED) is 0.640. The molecule has 1 aliphatic carbocycles. The second-order valence-corrected chi connectivity index (χ2v) is 5.84. The lowest BCUT2D eigenvalue weighted by molar-refractivity contribution is 0.168. The third kappa shape index (κ3) is 4.84. The van der Waals surface area contributed by atoms with Crippen LogP contribution in [0.25, 0.3) is 0 Å². The lowest BCUT2D eigenvalue weighted by Gasteiger charge is -2.31. The van der Waals surface area contributed by atoms with Crippen molar-refractivity contribution in [2.45, 2.75) is 71.5 Å². The van der Waals surface area contributed by atoms with Crippen molar-refractivity contribution >= 4 is 0 Å². The standard InChI is InChI=1S/C14H30N2/c1-11(2)15-10-6-7-12(3)16(5)13(4)14-8-9-14/h11-15H,6-10H2,1-5H3. The summed E-state index contributed by atoms with van der Waals surface area (Å²) in [4.78, 5) is 2.58. The van der Waals surface area contributed by atoms with E-state index in [0.717, 1.165) is 24.5 Å². The number of nitrogens with one attached hydrogen (secondary N) is 1. The molecule has 1 aliphatic rings. The zero-order chi connectivity index (χ0) is 12.1. The number of hydrogen-bond acceptors (Lipinski definition) is 2. The molecular weight excluding hydrogens is 196 g/mol. The van der Waals surface area contributed by atoms with Gasteiger partial charge in [-0.25, -0.2) is 0 Å². The van der Waals surface area contributed by atoms with Crippen molar-refractivity contribution in [2.75, 3.05) is 13.6 Å². The molecule has 0 heterocycles. The summed E-state index contributed by atoms with van der Waals surface area (Å²) in [6.45, 7) is 10.3. The highest BCUT2D eigenvalue weighted by molar-refractivity contribution is 4.85. The maximum absolute atomic E-state index is 3.49. The van der Waals surface area contributed by atoms with Crippen molar-refractivity contribution in [2.24, 2.45) is 5.92 Å². The fraction of sp³-hybridized carbons (Fsp3) is 1.00. The molecule has 1 N–H and O–H groups in total. The van der Waals surface area contributed by atoms with E-state index >= 15 is 0 Å². The van der Waals surface area contributed by atoms with Crippen molar-refractivity contribution in [3.05, 3.63) is 0 Å². The van der Waals surface area contributed by atoms with Crippen molar-refractivity contribution in [3.8, 4) is 0 Å². The van der Waals surface area contributed by atoms with E-state index in [1.807, 2.05) is 0 Å². The lowest BCUT2D eigenvalue weighted by atomic mass is 10.1. The lowest BCUT2D eigenvalue weighted by Crippen LogP contribution is -2.38. The summed E-state index contributed by atoms with van der Waals surface area (Å²) < 4.78 is 0. The van der Waals surface area contributed by atoms with Crippen LogP contribution >= 0.6 is 0 Å². The Hall–Kier alpha value is -0.0800. The Kier molecular flexibility index (Phi) is 5.77. The minimum absolute atomic E-state index is 0.624. The number of rotatable bonds is 8. The minimum Gasteiger partial charge on any atom is -0.315 e. The Morgan fingerprint density at radius 1 is 1.19 bits per heavy atom. The predicted molar refractivity (Wildman–Crippen MR) is 71.8 cm³/mol. The van der Waals surface area contributed by atoms with Crippen LogP contribution in [0.2, 0.25) is 0 Å². The van der Waals surface area contributed by atoms with Crippen LogP contribution in [0.1, 0.15) is 53.4 Å². The van der Waals surface area contributed by atoms with E-state index in [2.05, 4.69) is 45.0 Å². The summed E-state index contributed by atoms with van der Waals surface area (Å²) in [5, 5.41) is 3.49. The van der Waals surface area contributed by atoms with Gasteiger partial charge in [-0.05, 0) is 59.0 Å².